The first-order chi connectivity index (χ1) is 16.3. The van der Waals surface area contributed by atoms with Gasteiger partial charge < -0.3 is 16.8 Å². The van der Waals surface area contributed by atoms with Gasteiger partial charge >= 0.3 is 0 Å². The Bertz CT molecular complexity index is 1400. The van der Waals surface area contributed by atoms with Gasteiger partial charge in [-0.3, -0.25) is 9.59 Å². The number of hydrogen-bond acceptors (Lipinski definition) is 4. The van der Waals surface area contributed by atoms with E-state index in [1.807, 2.05) is 19.1 Å². The number of hydrogen-bond donors (Lipinski definition) is 3. The van der Waals surface area contributed by atoms with Gasteiger partial charge in [0.25, 0.3) is 11.8 Å². The molecule has 0 aliphatic rings. The van der Waals surface area contributed by atoms with Gasteiger partial charge in [0.15, 0.2) is 11.6 Å². The molecule has 7 nitrogen and oxygen atoms in total. The van der Waals surface area contributed by atoms with E-state index in [1.54, 1.807) is 36.4 Å². The number of nitrogens with two attached hydrogens (primary N) is 2. The molecule has 0 unspecified atom stereocenters. The maximum absolute atomic E-state index is 14.3. The monoisotopic (exact) mass is 461 g/mol. The van der Waals surface area contributed by atoms with E-state index in [4.69, 9.17) is 11.5 Å². The number of nitrogen functional groups attached to an aromatic ring is 1. The average molecular weight is 461 g/mol. The summed E-state index contributed by atoms with van der Waals surface area (Å²) in [4.78, 5) is 24.5. The molecular weight excluding hydrogens is 440 g/mol. The number of nitrogens with zero attached hydrogens (tertiary/aromatic N) is 2. The van der Waals surface area contributed by atoms with Gasteiger partial charge in [-0.15, -0.1) is 0 Å². The molecule has 1 aromatic heterocycles. The fourth-order valence-corrected chi connectivity index (χ4v) is 3.60. The molecule has 0 bridgehead atoms. The zero-order valence-electron chi connectivity index (χ0n) is 18.2. The molecule has 2 amide bonds. The van der Waals surface area contributed by atoms with Gasteiger partial charge in [0.1, 0.15) is 22.8 Å². The Morgan fingerprint density at radius 3 is 2.38 bits per heavy atom. The Balaban J connectivity index is 1.61. The highest BCUT2D eigenvalue weighted by Crippen LogP contribution is 2.30. The van der Waals surface area contributed by atoms with Gasteiger partial charge in [0.05, 0.1) is 0 Å². The van der Waals surface area contributed by atoms with Gasteiger partial charge in [-0.05, 0) is 36.2 Å². The Morgan fingerprint density at radius 2 is 1.71 bits per heavy atom. The molecule has 172 valence electrons. The van der Waals surface area contributed by atoms with Crippen LogP contribution in [0.15, 0.2) is 66.7 Å². The van der Waals surface area contributed by atoms with E-state index in [9.17, 15) is 18.4 Å². The number of rotatable bonds is 6. The van der Waals surface area contributed by atoms with Crippen molar-refractivity contribution in [2.75, 3.05) is 5.73 Å². The third kappa shape index (κ3) is 4.23. The molecule has 0 saturated heterocycles. The van der Waals surface area contributed by atoms with E-state index >= 15 is 0 Å². The lowest BCUT2D eigenvalue weighted by Crippen LogP contribution is -2.23. The fourth-order valence-electron chi connectivity index (χ4n) is 3.60. The number of amides is 2. The second-order valence-electron chi connectivity index (χ2n) is 7.65. The van der Waals surface area contributed by atoms with Crippen molar-refractivity contribution in [3.05, 3.63) is 101 Å². The smallest absolute Gasteiger partial charge is 0.254 e. The lowest BCUT2D eigenvalue weighted by atomic mass is 10.0. The van der Waals surface area contributed by atoms with E-state index in [-0.39, 0.29) is 35.2 Å². The van der Waals surface area contributed by atoms with E-state index < -0.39 is 17.5 Å². The summed E-state index contributed by atoms with van der Waals surface area (Å²) in [6.45, 7) is 2.14. The van der Waals surface area contributed by atoms with Crippen molar-refractivity contribution in [3.63, 3.8) is 0 Å². The summed E-state index contributed by atoms with van der Waals surface area (Å²) < 4.78 is 29.0. The quantitative estimate of drug-likeness (QED) is 0.406. The maximum Gasteiger partial charge on any atom is 0.254 e. The van der Waals surface area contributed by atoms with Crippen LogP contribution >= 0.6 is 0 Å². The molecular formula is C25H21F2N5O2. The van der Waals surface area contributed by atoms with Crippen LogP contribution in [0.3, 0.4) is 0 Å². The average Bonchev–Trinajstić information content (AvgIpc) is 3.17. The van der Waals surface area contributed by atoms with Crippen LogP contribution in [-0.4, -0.2) is 21.6 Å². The number of nitrogens with one attached hydrogen (secondary N) is 1. The summed E-state index contributed by atoms with van der Waals surface area (Å²) in [6, 6.07) is 17.7. The molecule has 0 radical (unpaired) electrons. The van der Waals surface area contributed by atoms with Crippen molar-refractivity contribution in [2.45, 2.75) is 13.5 Å². The first kappa shape index (κ1) is 22.7. The second kappa shape index (κ2) is 9.14. The first-order valence-corrected chi connectivity index (χ1v) is 10.3. The van der Waals surface area contributed by atoms with Crippen molar-refractivity contribution in [1.29, 1.82) is 0 Å². The van der Waals surface area contributed by atoms with Crippen molar-refractivity contribution in [3.8, 4) is 16.9 Å². The molecule has 3 aromatic carbocycles. The van der Waals surface area contributed by atoms with E-state index in [2.05, 4.69) is 10.4 Å². The molecule has 9 heteroatoms. The number of carbonyl (C=O) groups is 2. The summed E-state index contributed by atoms with van der Waals surface area (Å²) >= 11 is 0. The summed E-state index contributed by atoms with van der Waals surface area (Å²) in [5.41, 5.74) is 14.1. The lowest BCUT2D eigenvalue weighted by molar-refractivity contribution is 0.0949. The van der Waals surface area contributed by atoms with Gasteiger partial charge in [-0.2, -0.15) is 5.10 Å². The van der Waals surface area contributed by atoms with Crippen molar-refractivity contribution in [2.24, 2.45) is 5.73 Å². The van der Waals surface area contributed by atoms with Crippen LogP contribution in [0, 0.1) is 18.6 Å². The van der Waals surface area contributed by atoms with Crippen LogP contribution < -0.4 is 16.8 Å². The number of benzene rings is 3. The van der Waals surface area contributed by atoms with Crippen molar-refractivity contribution < 1.29 is 18.4 Å². The largest absolute Gasteiger partial charge is 0.383 e. The molecule has 0 spiro atoms. The SMILES string of the molecule is Cc1ccccc1C(=O)NCc1ccc(-c2nn(-c3cccc(F)c3F)c(N)c2C(N)=O)cc1. The summed E-state index contributed by atoms with van der Waals surface area (Å²) in [5.74, 6) is -3.49. The van der Waals surface area contributed by atoms with E-state index in [1.165, 1.54) is 12.1 Å². The van der Waals surface area contributed by atoms with Crippen LogP contribution in [0.2, 0.25) is 0 Å². The topological polar surface area (TPSA) is 116 Å². The Morgan fingerprint density at radius 1 is 1.00 bits per heavy atom. The molecule has 0 saturated carbocycles. The van der Waals surface area contributed by atoms with Gasteiger partial charge in [0.2, 0.25) is 0 Å². The highest BCUT2D eigenvalue weighted by atomic mass is 19.2. The Kier molecular flexibility index (Phi) is 6.09. The molecule has 4 rings (SSSR count). The molecule has 1 heterocycles. The van der Waals surface area contributed by atoms with Crippen LogP contribution in [0.1, 0.15) is 31.8 Å². The van der Waals surface area contributed by atoms with Crippen molar-refractivity contribution in [1.82, 2.24) is 15.1 Å². The third-order valence-electron chi connectivity index (χ3n) is 5.40. The Hall–Kier alpha value is -4.53. The zero-order chi connectivity index (χ0) is 24.4. The number of carbonyl (C=O) groups excluding carboxylic acids is 2. The molecule has 0 fully saturated rings. The third-order valence-corrected chi connectivity index (χ3v) is 5.40. The summed E-state index contributed by atoms with van der Waals surface area (Å²) in [6.07, 6.45) is 0. The predicted octanol–water partition coefficient (Wildman–Crippen LogP) is 3.74. The zero-order valence-corrected chi connectivity index (χ0v) is 18.2. The Labute approximate surface area is 194 Å². The van der Waals surface area contributed by atoms with Crippen LogP contribution in [0.4, 0.5) is 14.6 Å². The van der Waals surface area contributed by atoms with E-state index in [0.29, 0.717) is 11.1 Å². The van der Waals surface area contributed by atoms with E-state index in [0.717, 1.165) is 21.9 Å². The van der Waals surface area contributed by atoms with Gasteiger partial charge in [-0.25, -0.2) is 13.5 Å². The standard InChI is InChI=1S/C25H21F2N5O2/c1-14-5-2-3-6-17(14)25(34)30-13-15-9-11-16(12-10-15)22-20(24(29)33)23(28)32(31-22)19-8-4-7-18(26)21(19)27/h2-12H,13,28H2,1H3,(H2,29,33)(H,30,34). The van der Waals surface area contributed by atoms with Gasteiger partial charge in [0, 0.05) is 17.7 Å². The number of primary amides is 1. The fraction of sp³-hybridized carbons (Fsp3) is 0.0800. The predicted molar refractivity (Wildman–Crippen MR) is 124 cm³/mol. The number of anilines is 1. The molecule has 0 aliphatic heterocycles. The minimum atomic E-state index is -1.15. The summed E-state index contributed by atoms with van der Waals surface area (Å²) in [5, 5.41) is 7.10. The molecule has 5 N–H and O–H groups in total. The van der Waals surface area contributed by atoms with Crippen LogP contribution in [0.25, 0.3) is 16.9 Å². The molecule has 4 aromatic rings. The maximum atomic E-state index is 14.3. The molecule has 0 atom stereocenters. The second-order valence-corrected chi connectivity index (χ2v) is 7.65. The minimum Gasteiger partial charge on any atom is -0.383 e. The first-order valence-electron chi connectivity index (χ1n) is 10.3. The molecule has 34 heavy (non-hydrogen) atoms. The highest BCUT2D eigenvalue weighted by molar-refractivity contribution is 6.03. The lowest BCUT2D eigenvalue weighted by Gasteiger charge is -2.08. The van der Waals surface area contributed by atoms with Gasteiger partial charge in [-0.1, -0.05) is 48.5 Å². The minimum absolute atomic E-state index is 0.107. The van der Waals surface area contributed by atoms with Crippen LogP contribution in [-0.2, 0) is 6.54 Å². The highest BCUT2D eigenvalue weighted by Gasteiger charge is 2.24. The number of aryl methyl sites for hydroxylation is 1. The molecule has 0 aliphatic carbocycles. The van der Waals surface area contributed by atoms with Crippen LogP contribution in [0.5, 0.6) is 0 Å². The normalized spacial score (nSPS) is 10.8. The number of aromatic nitrogens is 2. The van der Waals surface area contributed by atoms with Crippen molar-refractivity contribution >= 4 is 17.6 Å². The summed E-state index contributed by atoms with van der Waals surface area (Å²) in [7, 11) is 0. The number of halogens is 2.